The van der Waals surface area contributed by atoms with Gasteiger partial charge in [-0.15, -0.1) is 11.3 Å². The molecule has 27 heavy (non-hydrogen) atoms. The summed E-state index contributed by atoms with van der Waals surface area (Å²) in [5.41, 5.74) is 0.399. The monoisotopic (exact) mass is 448 g/mol. The molecule has 1 atom stereocenters. The number of carbonyl (C=O) groups excluding carboxylic acids is 1. The Morgan fingerprint density at radius 3 is 2.37 bits per heavy atom. The first-order valence-electron chi connectivity index (χ1n) is 7.97. The van der Waals surface area contributed by atoms with Crippen molar-refractivity contribution in [1.29, 1.82) is 0 Å². The molecule has 1 saturated heterocycles. The van der Waals surface area contributed by atoms with Crippen LogP contribution in [0.15, 0.2) is 45.5 Å². The second-order valence-electron chi connectivity index (χ2n) is 6.12. The molecule has 0 aliphatic carbocycles. The number of nitrogens with one attached hydrogen (secondary N) is 1. The zero-order valence-corrected chi connectivity index (χ0v) is 17.5. The summed E-state index contributed by atoms with van der Waals surface area (Å²) in [5.74, 6) is -0.453. The van der Waals surface area contributed by atoms with Crippen LogP contribution in [0, 0.1) is 0 Å². The SMILES string of the molecule is CS(=O)(=O)c1ccc(NC(=O)[C@@H]2CCCN2S(=O)(=O)c2ccc(Cl)s2)cc1. The number of benzene rings is 1. The van der Waals surface area contributed by atoms with E-state index in [0.29, 0.717) is 22.9 Å². The van der Waals surface area contributed by atoms with Gasteiger partial charge in [-0.25, -0.2) is 16.8 Å². The molecule has 0 unspecified atom stereocenters. The van der Waals surface area contributed by atoms with Gasteiger partial charge < -0.3 is 5.32 Å². The maximum absolute atomic E-state index is 12.8. The van der Waals surface area contributed by atoms with Gasteiger partial charge in [0.15, 0.2) is 9.84 Å². The number of thiophene rings is 1. The molecule has 1 aliphatic heterocycles. The molecule has 0 saturated carbocycles. The summed E-state index contributed by atoms with van der Waals surface area (Å²) < 4.78 is 50.2. The average Bonchev–Trinajstić information content (AvgIpc) is 3.24. The fourth-order valence-corrected chi connectivity index (χ4v) is 6.75. The number of carbonyl (C=O) groups is 1. The Bertz CT molecular complexity index is 1060. The highest BCUT2D eigenvalue weighted by molar-refractivity contribution is 7.91. The molecule has 1 aromatic heterocycles. The fourth-order valence-electron chi connectivity index (χ4n) is 2.85. The quantitative estimate of drug-likeness (QED) is 0.757. The number of rotatable bonds is 5. The third-order valence-electron chi connectivity index (χ3n) is 4.17. The maximum Gasteiger partial charge on any atom is 0.253 e. The molecule has 1 N–H and O–H groups in total. The minimum absolute atomic E-state index is 0.102. The van der Waals surface area contributed by atoms with Gasteiger partial charge in [0.1, 0.15) is 10.3 Å². The number of sulfonamides is 1. The first-order valence-corrected chi connectivity index (χ1v) is 12.5. The van der Waals surface area contributed by atoms with Gasteiger partial charge in [-0.1, -0.05) is 11.6 Å². The van der Waals surface area contributed by atoms with Crippen LogP contribution in [-0.4, -0.2) is 45.9 Å². The van der Waals surface area contributed by atoms with Gasteiger partial charge >= 0.3 is 0 Å². The number of nitrogens with zero attached hydrogens (tertiary/aromatic N) is 1. The highest BCUT2D eigenvalue weighted by atomic mass is 35.5. The average molecular weight is 449 g/mol. The Morgan fingerprint density at radius 1 is 1.15 bits per heavy atom. The predicted molar refractivity (Wildman–Crippen MR) is 104 cm³/mol. The van der Waals surface area contributed by atoms with Crippen molar-refractivity contribution in [1.82, 2.24) is 4.31 Å². The molecule has 146 valence electrons. The van der Waals surface area contributed by atoms with E-state index in [2.05, 4.69) is 5.32 Å². The number of sulfone groups is 1. The number of anilines is 1. The second-order valence-corrected chi connectivity index (χ2v) is 12.0. The molecule has 2 heterocycles. The van der Waals surface area contributed by atoms with Crippen LogP contribution in [-0.2, 0) is 24.7 Å². The predicted octanol–water partition coefficient (Wildman–Crippen LogP) is 2.60. The Hall–Kier alpha value is -1.46. The zero-order valence-electron chi connectivity index (χ0n) is 14.3. The van der Waals surface area contributed by atoms with Crippen molar-refractivity contribution in [3.05, 3.63) is 40.7 Å². The Kier molecular flexibility index (Phi) is 5.64. The third kappa shape index (κ3) is 4.35. The lowest BCUT2D eigenvalue weighted by atomic mass is 10.2. The van der Waals surface area contributed by atoms with E-state index < -0.39 is 31.8 Å². The summed E-state index contributed by atoms with van der Waals surface area (Å²) in [4.78, 5) is 12.8. The first-order chi connectivity index (χ1) is 12.6. The normalized spacial score (nSPS) is 18.5. The lowest BCUT2D eigenvalue weighted by Gasteiger charge is -2.22. The van der Waals surface area contributed by atoms with Crippen LogP contribution < -0.4 is 5.32 Å². The smallest absolute Gasteiger partial charge is 0.253 e. The van der Waals surface area contributed by atoms with E-state index in [0.717, 1.165) is 17.6 Å². The number of hydrogen-bond acceptors (Lipinski definition) is 6. The van der Waals surface area contributed by atoms with Crippen LogP contribution in [0.4, 0.5) is 5.69 Å². The van der Waals surface area contributed by atoms with Gasteiger partial charge in [-0.05, 0) is 49.2 Å². The Balaban J connectivity index is 1.78. The van der Waals surface area contributed by atoms with Crippen molar-refractivity contribution in [2.24, 2.45) is 0 Å². The van der Waals surface area contributed by atoms with E-state index in [1.165, 1.54) is 40.7 Å². The minimum Gasteiger partial charge on any atom is -0.325 e. The van der Waals surface area contributed by atoms with Crippen LogP contribution in [0.5, 0.6) is 0 Å². The molecule has 2 aromatic rings. The van der Waals surface area contributed by atoms with Crippen molar-refractivity contribution < 1.29 is 21.6 Å². The van der Waals surface area contributed by atoms with Gasteiger partial charge in [0.05, 0.1) is 9.23 Å². The lowest BCUT2D eigenvalue weighted by molar-refractivity contribution is -0.119. The number of amides is 1. The maximum atomic E-state index is 12.8. The van der Waals surface area contributed by atoms with Crippen molar-refractivity contribution >= 4 is 54.4 Å². The molecule has 0 radical (unpaired) electrons. The zero-order chi connectivity index (χ0) is 19.8. The van der Waals surface area contributed by atoms with Crippen molar-refractivity contribution in [3.8, 4) is 0 Å². The molecule has 11 heteroatoms. The van der Waals surface area contributed by atoms with Gasteiger partial charge in [0.25, 0.3) is 10.0 Å². The third-order valence-corrected chi connectivity index (χ3v) is 8.90. The molecule has 1 aromatic carbocycles. The summed E-state index contributed by atoms with van der Waals surface area (Å²) in [6, 6.07) is 7.84. The first kappa shape index (κ1) is 20.3. The van der Waals surface area contributed by atoms with E-state index in [1.807, 2.05) is 0 Å². The summed E-state index contributed by atoms with van der Waals surface area (Å²) in [6.45, 7) is 0.253. The van der Waals surface area contributed by atoms with Crippen LogP contribution >= 0.6 is 22.9 Å². The molecule has 1 aliphatic rings. The minimum atomic E-state index is -3.80. The summed E-state index contributed by atoms with van der Waals surface area (Å²) in [5, 5.41) is 2.66. The largest absolute Gasteiger partial charge is 0.325 e. The Morgan fingerprint density at radius 2 is 1.81 bits per heavy atom. The molecule has 1 fully saturated rings. The van der Waals surface area contributed by atoms with Gasteiger partial charge in [-0.3, -0.25) is 4.79 Å². The lowest BCUT2D eigenvalue weighted by Crippen LogP contribution is -2.42. The van der Waals surface area contributed by atoms with E-state index >= 15 is 0 Å². The van der Waals surface area contributed by atoms with Crippen molar-refractivity contribution in [2.75, 3.05) is 18.1 Å². The molecule has 1 amide bonds. The summed E-state index contributed by atoms with van der Waals surface area (Å²) >= 11 is 6.79. The van der Waals surface area contributed by atoms with E-state index in [1.54, 1.807) is 0 Å². The molecule has 7 nitrogen and oxygen atoms in total. The van der Waals surface area contributed by atoms with Crippen LogP contribution in [0.1, 0.15) is 12.8 Å². The van der Waals surface area contributed by atoms with Crippen LogP contribution in [0.25, 0.3) is 0 Å². The standard InChI is InChI=1S/C16H17ClN2O5S3/c1-26(21,22)12-6-4-11(5-7-12)18-16(20)13-3-2-10-19(13)27(23,24)15-9-8-14(17)25-15/h4-9,13H,2-3,10H2,1H3,(H,18,20)/t13-/m0/s1. The van der Waals surface area contributed by atoms with Crippen molar-refractivity contribution in [2.45, 2.75) is 28.0 Å². The Labute approximate surface area is 166 Å². The van der Waals surface area contributed by atoms with E-state index in [-0.39, 0.29) is 15.6 Å². The summed E-state index contributed by atoms with van der Waals surface area (Å²) in [7, 11) is -7.13. The molecular formula is C16H17ClN2O5S3. The van der Waals surface area contributed by atoms with E-state index in [4.69, 9.17) is 11.6 Å². The molecular weight excluding hydrogens is 432 g/mol. The molecule has 0 spiro atoms. The summed E-state index contributed by atoms with van der Waals surface area (Å²) in [6.07, 6.45) is 2.08. The number of halogens is 1. The second kappa shape index (κ2) is 7.51. The fraction of sp³-hybridized carbons (Fsp3) is 0.312. The van der Waals surface area contributed by atoms with E-state index in [9.17, 15) is 21.6 Å². The van der Waals surface area contributed by atoms with Gasteiger partial charge in [0, 0.05) is 18.5 Å². The topological polar surface area (TPSA) is 101 Å². The highest BCUT2D eigenvalue weighted by Crippen LogP contribution is 2.32. The van der Waals surface area contributed by atoms with Gasteiger partial charge in [0.2, 0.25) is 5.91 Å². The molecule has 3 rings (SSSR count). The van der Waals surface area contributed by atoms with Crippen molar-refractivity contribution in [3.63, 3.8) is 0 Å². The number of hydrogen-bond donors (Lipinski definition) is 1. The van der Waals surface area contributed by atoms with Crippen LogP contribution in [0.2, 0.25) is 4.34 Å². The molecule has 0 bridgehead atoms. The highest BCUT2D eigenvalue weighted by Gasteiger charge is 2.40. The van der Waals surface area contributed by atoms with Gasteiger partial charge in [-0.2, -0.15) is 4.31 Å². The van der Waals surface area contributed by atoms with Crippen LogP contribution in [0.3, 0.4) is 0 Å².